The molecule has 2 aliphatic heterocycles. The third kappa shape index (κ3) is 3.78. The molecule has 2 aliphatic rings. The van der Waals surface area contributed by atoms with Crippen LogP contribution in [0.1, 0.15) is 43.4 Å². The Morgan fingerprint density at radius 2 is 1.86 bits per heavy atom. The molecule has 1 N–H and O–H groups in total. The van der Waals surface area contributed by atoms with E-state index in [0.29, 0.717) is 17.0 Å². The molecule has 6 rings (SSSR count). The lowest BCUT2D eigenvalue weighted by Crippen LogP contribution is -2.58. The largest absolute Gasteiger partial charge is 0.381 e. The summed E-state index contributed by atoms with van der Waals surface area (Å²) in [5.41, 5.74) is 1.91. The number of hydrogen-bond donors (Lipinski definition) is 1. The van der Waals surface area contributed by atoms with E-state index in [1.165, 1.54) is 12.1 Å². The van der Waals surface area contributed by atoms with E-state index in [0.717, 1.165) is 61.8 Å². The van der Waals surface area contributed by atoms with Crippen molar-refractivity contribution in [1.29, 1.82) is 0 Å². The van der Waals surface area contributed by atoms with Gasteiger partial charge in [0.25, 0.3) is 6.43 Å². The Balaban J connectivity index is 1.36. The molecule has 1 spiro atoms. The fourth-order valence-electron chi connectivity index (χ4n) is 5.38. The molecule has 4 heterocycles. The molecule has 2 fully saturated rings. The van der Waals surface area contributed by atoms with Crippen molar-refractivity contribution in [3.8, 4) is 0 Å². The molecular weight excluding hydrogens is 455 g/mol. The zero-order valence-electron chi connectivity index (χ0n) is 19.3. The second kappa shape index (κ2) is 8.41. The topological polar surface area (TPSA) is 54.7 Å². The average Bonchev–Trinajstić information content (AvgIpc) is 3.31. The predicted octanol–water partition coefficient (Wildman–Crippen LogP) is 5.75. The lowest BCUT2D eigenvalue weighted by molar-refractivity contribution is -0.000184. The van der Waals surface area contributed by atoms with Crippen LogP contribution in [-0.4, -0.2) is 40.7 Å². The van der Waals surface area contributed by atoms with Crippen LogP contribution in [0.2, 0.25) is 0 Å². The van der Waals surface area contributed by atoms with Gasteiger partial charge in [-0.25, -0.2) is 18.2 Å². The lowest BCUT2D eigenvalue weighted by Gasteiger charge is -2.53. The summed E-state index contributed by atoms with van der Waals surface area (Å²) in [5.74, 6) is 0.153. The minimum absolute atomic E-state index is 0.168. The van der Waals surface area contributed by atoms with Crippen LogP contribution < -0.4 is 10.2 Å². The van der Waals surface area contributed by atoms with E-state index >= 15 is 0 Å². The van der Waals surface area contributed by atoms with Gasteiger partial charge in [0, 0.05) is 60.7 Å². The smallest absolute Gasteiger partial charge is 0.266 e. The summed E-state index contributed by atoms with van der Waals surface area (Å²) in [6.45, 7) is 5.37. The fraction of sp³-hybridized carbons (Fsp3) is 0.385. The van der Waals surface area contributed by atoms with Gasteiger partial charge in [0.15, 0.2) is 0 Å². The Labute approximate surface area is 200 Å². The summed E-state index contributed by atoms with van der Waals surface area (Å²) < 4.78 is 48.7. The van der Waals surface area contributed by atoms with Gasteiger partial charge >= 0.3 is 0 Å². The highest BCUT2D eigenvalue weighted by Crippen LogP contribution is 2.43. The van der Waals surface area contributed by atoms with Crippen LogP contribution in [0.25, 0.3) is 16.7 Å². The first-order valence-electron chi connectivity index (χ1n) is 11.9. The minimum Gasteiger partial charge on any atom is -0.381 e. The quantitative estimate of drug-likeness (QED) is 0.394. The molecule has 2 aromatic carbocycles. The van der Waals surface area contributed by atoms with Crippen LogP contribution in [0.15, 0.2) is 48.8 Å². The summed E-state index contributed by atoms with van der Waals surface area (Å²) in [6, 6.07) is 9.75. The van der Waals surface area contributed by atoms with Gasteiger partial charge in [0.2, 0.25) is 5.78 Å². The molecule has 35 heavy (non-hydrogen) atoms. The Morgan fingerprint density at radius 1 is 1.09 bits per heavy atom. The SMILES string of the molecule is CC(Nc1nc2nccn2c2ccc(N3CC4(CCOCC4)C3)cc12)c1cccc(C(F)F)c1F. The molecule has 0 amide bonds. The highest BCUT2D eigenvalue weighted by molar-refractivity contribution is 5.94. The highest BCUT2D eigenvalue weighted by Gasteiger charge is 2.43. The van der Waals surface area contributed by atoms with E-state index in [4.69, 9.17) is 4.74 Å². The van der Waals surface area contributed by atoms with Crippen molar-refractivity contribution in [2.75, 3.05) is 36.5 Å². The number of nitrogens with zero attached hydrogens (tertiary/aromatic N) is 4. The molecular formula is C26H26F3N5O. The van der Waals surface area contributed by atoms with E-state index in [-0.39, 0.29) is 5.56 Å². The van der Waals surface area contributed by atoms with Crippen molar-refractivity contribution in [2.24, 2.45) is 5.41 Å². The molecule has 0 bridgehead atoms. The number of hydrogen-bond acceptors (Lipinski definition) is 5. The number of ether oxygens (including phenoxy) is 1. The van der Waals surface area contributed by atoms with Gasteiger partial charge in [0.1, 0.15) is 11.6 Å². The summed E-state index contributed by atoms with van der Waals surface area (Å²) in [7, 11) is 0. The maximum absolute atomic E-state index is 14.8. The van der Waals surface area contributed by atoms with Gasteiger partial charge in [-0.2, -0.15) is 4.98 Å². The normalized spacial score (nSPS) is 18.4. The number of fused-ring (bicyclic) bond motifs is 3. The summed E-state index contributed by atoms with van der Waals surface area (Å²) in [5, 5.41) is 4.12. The number of imidazole rings is 1. The Kier molecular flexibility index (Phi) is 5.32. The molecule has 9 heteroatoms. The van der Waals surface area contributed by atoms with Crippen LogP contribution in [0.3, 0.4) is 0 Å². The summed E-state index contributed by atoms with van der Waals surface area (Å²) >= 11 is 0. The molecule has 0 saturated carbocycles. The summed E-state index contributed by atoms with van der Waals surface area (Å²) in [4.78, 5) is 11.4. The van der Waals surface area contributed by atoms with E-state index in [1.807, 2.05) is 16.7 Å². The van der Waals surface area contributed by atoms with Gasteiger partial charge in [-0.1, -0.05) is 18.2 Å². The van der Waals surface area contributed by atoms with E-state index < -0.39 is 23.8 Å². The van der Waals surface area contributed by atoms with Gasteiger partial charge in [0.05, 0.1) is 17.1 Å². The number of alkyl halides is 2. The van der Waals surface area contributed by atoms with Crippen molar-refractivity contribution >= 4 is 28.2 Å². The third-order valence-corrected chi connectivity index (χ3v) is 7.41. The number of halogens is 3. The molecule has 0 aliphatic carbocycles. The maximum Gasteiger partial charge on any atom is 0.266 e. The molecule has 182 valence electrons. The van der Waals surface area contributed by atoms with Gasteiger partial charge < -0.3 is 15.0 Å². The van der Waals surface area contributed by atoms with Crippen LogP contribution >= 0.6 is 0 Å². The summed E-state index contributed by atoms with van der Waals surface area (Å²) in [6.07, 6.45) is 2.83. The number of rotatable bonds is 5. The van der Waals surface area contributed by atoms with Gasteiger partial charge in [-0.05, 0) is 38.0 Å². The maximum atomic E-state index is 14.8. The van der Waals surface area contributed by atoms with Crippen molar-refractivity contribution < 1.29 is 17.9 Å². The molecule has 2 aromatic heterocycles. The van der Waals surface area contributed by atoms with Crippen LogP contribution in [0.5, 0.6) is 0 Å². The lowest BCUT2D eigenvalue weighted by atomic mass is 9.73. The van der Waals surface area contributed by atoms with E-state index in [1.54, 1.807) is 13.1 Å². The third-order valence-electron chi connectivity index (χ3n) is 7.41. The Bertz CT molecular complexity index is 1390. The first-order valence-corrected chi connectivity index (χ1v) is 11.9. The Hall–Kier alpha value is -3.33. The van der Waals surface area contributed by atoms with Crippen molar-refractivity contribution in [3.05, 3.63) is 65.7 Å². The van der Waals surface area contributed by atoms with Crippen molar-refractivity contribution in [1.82, 2.24) is 14.4 Å². The number of nitrogens with one attached hydrogen (secondary N) is 1. The van der Waals surface area contributed by atoms with Crippen LogP contribution in [-0.2, 0) is 4.74 Å². The monoisotopic (exact) mass is 481 g/mol. The van der Waals surface area contributed by atoms with E-state index in [2.05, 4.69) is 32.3 Å². The van der Waals surface area contributed by atoms with E-state index in [9.17, 15) is 13.2 Å². The number of benzene rings is 2. The molecule has 2 saturated heterocycles. The Morgan fingerprint density at radius 3 is 2.63 bits per heavy atom. The number of aromatic nitrogens is 3. The molecule has 1 unspecified atom stereocenters. The predicted molar refractivity (Wildman–Crippen MR) is 129 cm³/mol. The molecule has 4 aromatic rings. The van der Waals surface area contributed by atoms with Crippen molar-refractivity contribution in [2.45, 2.75) is 32.2 Å². The number of anilines is 2. The molecule has 6 nitrogen and oxygen atoms in total. The van der Waals surface area contributed by atoms with Crippen molar-refractivity contribution in [3.63, 3.8) is 0 Å². The highest BCUT2D eigenvalue weighted by atomic mass is 19.3. The molecule has 0 radical (unpaired) electrons. The van der Waals surface area contributed by atoms with Crippen LogP contribution in [0.4, 0.5) is 24.7 Å². The van der Waals surface area contributed by atoms with Gasteiger partial charge in [-0.3, -0.25) is 4.40 Å². The first-order chi connectivity index (χ1) is 16.9. The average molecular weight is 482 g/mol. The standard InChI is InChI=1S/C26H26F3N5O/c1-16(18-3-2-4-19(22(18)27)23(28)29)31-24-20-13-17(33-14-26(15-33)7-11-35-12-8-26)5-6-21(20)34-10-9-30-25(34)32-24/h2-6,9-10,13,16,23H,7-8,11-12,14-15H2,1H3,(H,30,31,32). The minimum atomic E-state index is -2.87. The zero-order chi connectivity index (χ0) is 24.2. The second-order valence-corrected chi connectivity index (χ2v) is 9.64. The molecule has 1 atom stereocenters. The first kappa shape index (κ1) is 22.2. The zero-order valence-corrected chi connectivity index (χ0v) is 19.3. The fourth-order valence-corrected chi connectivity index (χ4v) is 5.38. The van der Waals surface area contributed by atoms with Crippen LogP contribution in [0, 0.1) is 11.2 Å². The second-order valence-electron chi connectivity index (χ2n) is 9.64. The van der Waals surface area contributed by atoms with Gasteiger partial charge in [-0.15, -0.1) is 0 Å².